The predicted molar refractivity (Wildman–Crippen MR) is 68.7 cm³/mol. The maximum atomic E-state index is 11.8. The van der Waals surface area contributed by atoms with E-state index in [2.05, 4.69) is 0 Å². The van der Waals surface area contributed by atoms with Crippen LogP contribution in [0.2, 0.25) is 0 Å². The van der Waals surface area contributed by atoms with Gasteiger partial charge in [0.15, 0.2) is 0 Å². The van der Waals surface area contributed by atoms with Crippen LogP contribution in [0.5, 0.6) is 0 Å². The average molecular weight is 233 g/mol. The lowest BCUT2D eigenvalue weighted by atomic mass is 10.1. The van der Waals surface area contributed by atoms with Crippen LogP contribution < -0.4 is 16.4 Å². The first-order valence-corrected chi connectivity index (χ1v) is 6.04. The molecule has 1 heterocycles. The van der Waals surface area contributed by atoms with Crippen LogP contribution in [0.25, 0.3) is 0 Å². The highest BCUT2D eigenvalue weighted by Gasteiger charge is 2.29. The number of hydrogen-bond acceptors (Lipinski definition) is 3. The van der Waals surface area contributed by atoms with Crippen molar-refractivity contribution in [2.45, 2.75) is 12.8 Å². The van der Waals surface area contributed by atoms with Crippen molar-refractivity contribution in [2.24, 2.45) is 17.4 Å². The Hall–Kier alpha value is -1.39. The molecule has 1 amide bonds. The van der Waals surface area contributed by atoms with E-state index < -0.39 is 0 Å². The second-order valence-corrected chi connectivity index (χ2v) is 4.52. The molecule has 4 heteroatoms. The third-order valence-corrected chi connectivity index (χ3v) is 3.22. The van der Waals surface area contributed by atoms with Crippen LogP contribution in [0, 0.1) is 5.92 Å². The van der Waals surface area contributed by atoms with Gasteiger partial charge in [-0.2, -0.15) is 0 Å². The molecule has 1 aromatic carbocycles. The van der Waals surface area contributed by atoms with Gasteiger partial charge in [-0.15, -0.1) is 0 Å². The van der Waals surface area contributed by atoms with E-state index in [4.69, 9.17) is 11.5 Å². The summed E-state index contributed by atoms with van der Waals surface area (Å²) in [6, 6.07) is 8.04. The third-order valence-electron chi connectivity index (χ3n) is 3.22. The van der Waals surface area contributed by atoms with Crippen molar-refractivity contribution in [1.82, 2.24) is 0 Å². The second-order valence-electron chi connectivity index (χ2n) is 4.52. The fraction of sp³-hybridized carbons (Fsp3) is 0.462. The van der Waals surface area contributed by atoms with E-state index in [-0.39, 0.29) is 5.91 Å². The number of benzene rings is 1. The Balaban J connectivity index is 2.09. The molecule has 17 heavy (non-hydrogen) atoms. The Labute approximate surface area is 102 Å². The quantitative estimate of drug-likeness (QED) is 0.795. The molecule has 1 unspecified atom stereocenters. The van der Waals surface area contributed by atoms with Crippen molar-refractivity contribution < 1.29 is 4.79 Å². The predicted octanol–water partition coefficient (Wildman–Crippen LogP) is 0.499. The van der Waals surface area contributed by atoms with Crippen molar-refractivity contribution in [3.05, 3.63) is 29.8 Å². The molecule has 0 aliphatic carbocycles. The Morgan fingerprint density at radius 3 is 2.47 bits per heavy atom. The molecule has 4 N–H and O–H groups in total. The van der Waals surface area contributed by atoms with Gasteiger partial charge in [0, 0.05) is 18.7 Å². The highest BCUT2D eigenvalue weighted by atomic mass is 16.2. The Morgan fingerprint density at radius 2 is 1.94 bits per heavy atom. The van der Waals surface area contributed by atoms with Crippen LogP contribution in [-0.2, 0) is 11.2 Å². The summed E-state index contributed by atoms with van der Waals surface area (Å²) < 4.78 is 0. The van der Waals surface area contributed by atoms with Crippen molar-refractivity contribution in [2.75, 3.05) is 24.5 Å². The smallest absolute Gasteiger partial charge is 0.227 e. The van der Waals surface area contributed by atoms with E-state index in [1.54, 1.807) is 0 Å². The first kappa shape index (κ1) is 12.1. The topological polar surface area (TPSA) is 72.3 Å². The lowest BCUT2D eigenvalue weighted by Gasteiger charge is -2.16. The maximum absolute atomic E-state index is 11.8. The van der Waals surface area contributed by atoms with Crippen LogP contribution in [-0.4, -0.2) is 25.5 Å². The zero-order valence-electron chi connectivity index (χ0n) is 9.93. The van der Waals surface area contributed by atoms with Gasteiger partial charge in [0.25, 0.3) is 0 Å². The zero-order chi connectivity index (χ0) is 12.3. The molecule has 1 fully saturated rings. The molecule has 0 aromatic heterocycles. The molecule has 4 nitrogen and oxygen atoms in total. The number of hydrogen-bond donors (Lipinski definition) is 2. The molecule has 0 radical (unpaired) electrons. The molecule has 1 aliphatic heterocycles. The Morgan fingerprint density at radius 1 is 1.24 bits per heavy atom. The summed E-state index contributed by atoms with van der Waals surface area (Å²) in [6.45, 7) is 1.97. The number of carbonyl (C=O) groups is 1. The first-order valence-electron chi connectivity index (χ1n) is 6.04. The Bertz CT molecular complexity index is 388. The van der Waals surface area contributed by atoms with Gasteiger partial charge in [-0.05, 0) is 43.1 Å². The van der Waals surface area contributed by atoms with Gasteiger partial charge in [0.05, 0.1) is 0 Å². The summed E-state index contributed by atoms with van der Waals surface area (Å²) >= 11 is 0. The van der Waals surface area contributed by atoms with Gasteiger partial charge in [0.1, 0.15) is 0 Å². The lowest BCUT2D eigenvalue weighted by Crippen LogP contribution is -2.25. The highest BCUT2D eigenvalue weighted by molar-refractivity contribution is 5.95. The average Bonchev–Trinajstić information content (AvgIpc) is 2.72. The van der Waals surface area contributed by atoms with Crippen LogP contribution >= 0.6 is 0 Å². The van der Waals surface area contributed by atoms with Crippen molar-refractivity contribution in [1.29, 1.82) is 0 Å². The number of carbonyl (C=O) groups excluding carboxylic acids is 1. The van der Waals surface area contributed by atoms with Gasteiger partial charge in [-0.1, -0.05) is 12.1 Å². The molecule has 1 aliphatic rings. The summed E-state index contributed by atoms with van der Waals surface area (Å²) in [5, 5.41) is 0. The minimum absolute atomic E-state index is 0.173. The molecular weight excluding hydrogens is 214 g/mol. The van der Waals surface area contributed by atoms with Crippen LogP contribution in [0.3, 0.4) is 0 Å². The molecule has 1 aromatic rings. The van der Waals surface area contributed by atoms with E-state index in [0.29, 0.717) is 25.4 Å². The monoisotopic (exact) mass is 233 g/mol. The van der Waals surface area contributed by atoms with Crippen LogP contribution in [0.15, 0.2) is 24.3 Å². The van der Waals surface area contributed by atoms with Gasteiger partial charge in [-0.25, -0.2) is 0 Å². The molecule has 1 atom stereocenters. The summed E-state index contributed by atoms with van der Waals surface area (Å²) in [6.07, 6.45) is 1.45. The Kier molecular flexibility index (Phi) is 3.76. The minimum Gasteiger partial charge on any atom is -0.330 e. The summed E-state index contributed by atoms with van der Waals surface area (Å²) in [7, 11) is 0. The van der Waals surface area contributed by atoms with Gasteiger partial charge >= 0.3 is 0 Å². The van der Waals surface area contributed by atoms with E-state index >= 15 is 0 Å². The van der Waals surface area contributed by atoms with Gasteiger partial charge < -0.3 is 16.4 Å². The van der Waals surface area contributed by atoms with E-state index in [0.717, 1.165) is 18.7 Å². The highest BCUT2D eigenvalue weighted by Crippen LogP contribution is 2.24. The number of amides is 1. The minimum atomic E-state index is 0.173. The standard InChI is InChI=1S/C13H19N3O/c14-6-5-10-1-3-12(4-2-10)16-9-11(8-15)7-13(16)17/h1-4,11H,5-9,14-15H2. The van der Waals surface area contributed by atoms with E-state index in [1.807, 2.05) is 29.2 Å². The molecule has 2 rings (SSSR count). The molecule has 0 bridgehead atoms. The van der Waals surface area contributed by atoms with Crippen molar-refractivity contribution >= 4 is 11.6 Å². The number of rotatable bonds is 4. The van der Waals surface area contributed by atoms with E-state index in [1.165, 1.54) is 5.56 Å². The van der Waals surface area contributed by atoms with Crippen molar-refractivity contribution in [3.63, 3.8) is 0 Å². The molecule has 1 saturated heterocycles. The first-order chi connectivity index (χ1) is 8.24. The normalized spacial score (nSPS) is 20.0. The van der Waals surface area contributed by atoms with E-state index in [9.17, 15) is 4.79 Å². The lowest BCUT2D eigenvalue weighted by molar-refractivity contribution is -0.117. The number of anilines is 1. The maximum Gasteiger partial charge on any atom is 0.227 e. The fourth-order valence-corrected chi connectivity index (χ4v) is 2.20. The second kappa shape index (κ2) is 5.29. The molecular formula is C13H19N3O. The third kappa shape index (κ3) is 2.65. The number of nitrogens with zero attached hydrogens (tertiary/aromatic N) is 1. The zero-order valence-corrected chi connectivity index (χ0v) is 9.93. The molecule has 0 saturated carbocycles. The molecule has 0 spiro atoms. The largest absolute Gasteiger partial charge is 0.330 e. The van der Waals surface area contributed by atoms with Crippen LogP contribution in [0.4, 0.5) is 5.69 Å². The molecule has 92 valence electrons. The fourth-order valence-electron chi connectivity index (χ4n) is 2.20. The van der Waals surface area contributed by atoms with Gasteiger partial charge in [-0.3, -0.25) is 4.79 Å². The van der Waals surface area contributed by atoms with Gasteiger partial charge in [0.2, 0.25) is 5.91 Å². The van der Waals surface area contributed by atoms with Crippen molar-refractivity contribution in [3.8, 4) is 0 Å². The van der Waals surface area contributed by atoms with Crippen LogP contribution in [0.1, 0.15) is 12.0 Å². The summed E-state index contributed by atoms with van der Waals surface area (Å²) in [5.74, 6) is 0.471. The summed E-state index contributed by atoms with van der Waals surface area (Å²) in [4.78, 5) is 13.6. The SMILES string of the molecule is NCCc1ccc(N2CC(CN)CC2=O)cc1. The number of nitrogens with two attached hydrogens (primary N) is 2. The summed E-state index contributed by atoms with van der Waals surface area (Å²) in [5.41, 5.74) is 13.3.